The molecule has 0 spiro atoms. The van der Waals surface area contributed by atoms with Crippen molar-refractivity contribution in [2.75, 3.05) is 32.7 Å². The van der Waals surface area contributed by atoms with Crippen LogP contribution in [0.1, 0.15) is 44.9 Å². The number of β-amino-alcohol motifs (C(OH)–C–C–N with tert-alkyl or cyclic N) is 1. The predicted octanol–water partition coefficient (Wildman–Crippen LogP) is 1.16. The molecule has 1 aliphatic carbocycles. The van der Waals surface area contributed by atoms with Crippen molar-refractivity contribution in [3.8, 4) is 0 Å². The van der Waals surface area contributed by atoms with Crippen LogP contribution in [0, 0.1) is 5.92 Å². The van der Waals surface area contributed by atoms with Crippen LogP contribution in [0.15, 0.2) is 0 Å². The number of fused-ring (bicyclic) bond motifs is 1. The molecular weight excluding hydrogens is 268 g/mol. The predicted molar refractivity (Wildman–Crippen MR) is 80.2 cm³/mol. The van der Waals surface area contributed by atoms with Gasteiger partial charge in [-0.3, -0.25) is 14.6 Å². The summed E-state index contributed by atoms with van der Waals surface area (Å²) in [7, 11) is 0. The number of aliphatic carboxylic acids is 1. The number of rotatable bonds is 3. The first kappa shape index (κ1) is 15.3. The summed E-state index contributed by atoms with van der Waals surface area (Å²) in [4.78, 5) is 16.1. The van der Waals surface area contributed by atoms with E-state index < -0.39 is 11.6 Å². The van der Waals surface area contributed by atoms with E-state index in [0.29, 0.717) is 31.7 Å². The molecule has 0 bridgehead atoms. The van der Waals surface area contributed by atoms with Gasteiger partial charge < -0.3 is 10.2 Å². The topological polar surface area (TPSA) is 64.0 Å². The summed E-state index contributed by atoms with van der Waals surface area (Å²) >= 11 is 0. The fourth-order valence-electron chi connectivity index (χ4n) is 4.40. The lowest BCUT2D eigenvalue weighted by Crippen LogP contribution is -2.48. The Morgan fingerprint density at radius 1 is 1.10 bits per heavy atom. The van der Waals surface area contributed by atoms with Gasteiger partial charge >= 0.3 is 5.97 Å². The highest BCUT2D eigenvalue weighted by Crippen LogP contribution is 2.33. The molecule has 2 aliphatic heterocycles. The molecule has 0 aromatic heterocycles. The zero-order chi connectivity index (χ0) is 14.9. The third-order valence-corrected chi connectivity index (χ3v) is 5.67. The van der Waals surface area contributed by atoms with E-state index in [1.807, 2.05) is 0 Å². The Bertz CT molecular complexity index is 380. The highest BCUT2D eigenvalue weighted by Gasteiger charge is 2.38. The van der Waals surface area contributed by atoms with Crippen LogP contribution in [0.4, 0.5) is 0 Å². The van der Waals surface area contributed by atoms with Crippen molar-refractivity contribution in [3.05, 3.63) is 0 Å². The monoisotopic (exact) mass is 296 g/mol. The van der Waals surface area contributed by atoms with Crippen molar-refractivity contribution in [2.24, 2.45) is 5.92 Å². The minimum absolute atomic E-state index is 0.250. The molecule has 3 rings (SSSR count). The Morgan fingerprint density at radius 3 is 2.52 bits per heavy atom. The molecule has 2 saturated heterocycles. The van der Waals surface area contributed by atoms with Gasteiger partial charge in [0.15, 0.2) is 0 Å². The van der Waals surface area contributed by atoms with Crippen LogP contribution in [0.5, 0.6) is 0 Å². The molecule has 1 atom stereocenters. The van der Waals surface area contributed by atoms with Crippen molar-refractivity contribution >= 4 is 5.97 Å². The van der Waals surface area contributed by atoms with Gasteiger partial charge in [0, 0.05) is 19.1 Å². The maximum atomic E-state index is 11.0. The Hall–Kier alpha value is -0.650. The van der Waals surface area contributed by atoms with Crippen molar-refractivity contribution in [1.82, 2.24) is 9.80 Å². The van der Waals surface area contributed by atoms with Gasteiger partial charge in [-0.15, -0.1) is 0 Å². The van der Waals surface area contributed by atoms with Crippen LogP contribution in [-0.4, -0.2) is 70.3 Å². The van der Waals surface area contributed by atoms with Gasteiger partial charge in [0.1, 0.15) is 0 Å². The summed E-state index contributed by atoms with van der Waals surface area (Å²) in [6, 6.07) is 0.673. The van der Waals surface area contributed by atoms with Gasteiger partial charge in [-0.2, -0.15) is 0 Å². The first-order valence-electron chi connectivity index (χ1n) is 8.47. The van der Waals surface area contributed by atoms with Gasteiger partial charge in [0.05, 0.1) is 11.5 Å². The molecule has 120 valence electrons. The summed E-state index contributed by atoms with van der Waals surface area (Å²) in [5, 5.41) is 19.9. The van der Waals surface area contributed by atoms with E-state index in [1.54, 1.807) is 0 Å². The fraction of sp³-hybridized carbons (Fsp3) is 0.938. The standard InChI is InChI=1S/C16H28N2O3/c19-15(20)13-4-6-16(21,7-5-13)12-17-8-2-10-18-9-1-3-14(18)11-17/h13-14,21H,1-12H2,(H,19,20). The first-order chi connectivity index (χ1) is 10.1. The number of aliphatic hydroxyl groups is 1. The third-order valence-electron chi connectivity index (χ3n) is 5.67. The average molecular weight is 296 g/mol. The molecule has 3 fully saturated rings. The molecule has 0 amide bonds. The van der Waals surface area contributed by atoms with Gasteiger partial charge in [-0.05, 0) is 64.6 Å². The van der Waals surface area contributed by atoms with Crippen LogP contribution in [0.3, 0.4) is 0 Å². The number of carboxylic acid groups (broad SMARTS) is 1. The van der Waals surface area contributed by atoms with Crippen molar-refractivity contribution in [2.45, 2.75) is 56.6 Å². The molecule has 5 heteroatoms. The molecule has 21 heavy (non-hydrogen) atoms. The molecule has 1 saturated carbocycles. The summed E-state index contributed by atoms with van der Waals surface area (Å²) in [5.41, 5.74) is -0.667. The highest BCUT2D eigenvalue weighted by molar-refractivity contribution is 5.70. The number of nitrogens with zero attached hydrogens (tertiary/aromatic N) is 2. The highest BCUT2D eigenvalue weighted by atomic mass is 16.4. The lowest BCUT2D eigenvalue weighted by Gasteiger charge is -2.39. The number of carbonyl (C=O) groups is 1. The SMILES string of the molecule is O=C(O)C1CCC(O)(CN2CCCN3CCCC3C2)CC1. The fourth-order valence-corrected chi connectivity index (χ4v) is 4.40. The van der Waals surface area contributed by atoms with Crippen molar-refractivity contribution in [1.29, 1.82) is 0 Å². The van der Waals surface area contributed by atoms with Crippen LogP contribution in [0.25, 0.3) is 0 Å². The third kappa shape index (κ3) is 3.58. The van der Waals surface area contributed by atoms with E-state index in [9.17, 15) is 9.90 Å². The minimum atomic E-state index is -0.701. The molecule has 3 aliphatic rings. The first-order valence-corrected chi connectivity index (χ1v) is 8.47. The Labute approximate surface area is 126 Å². The van der Waals surface area contributed by atoms with Gasteiger partial charge in [0.25, 0.3) is 0 Å². The molecule has 5 nitrogen and oxygen atoms in total. The lowest BCUT2D eigenvalue weighted by molar-refractivity contribution is -0.145. The van der Waals surface area contributed by atoms with Crippen LogP contribution < -0.4 is 0 Å². The molecule has 0 radical (unpaired) electrons. The molecule has 1 unspecified atom stereocenters. The van der Waals surface area contributed by atoms with Crippen molar-refractivity contribution < 1.29 is 15.0 Å². The molecule has 2 N–H and O–H groups in total. The number of carboxylic acids is 1. The smallest absolute Gasteiger partial charge is 0.306 e. The van der Waals surface area contributed by atoms with Crippen molar-refractivity contribution in [3.63, 3.8) is 0 Å². The minimum Gasteiger partial charge on any atom is -0.481 e. The average Bonchev–Trinajstić information content (AvgIpc) is 2.78. The summed E-state index contributed by atoms with van der Waals surface area (Å²) in [6.45, 7) is 5.30. The molecular formula is C16H28N2O3. The van der Waals surface area contributed by atoms with Crippen LogP contribution >= 0.6 is 0 Å². The second-order valence-electron chi connectivity index (χ2n) is 7.26. The van der Waals surface area contributed by atoms with E-state index in [0.717, 1.165) is 19.6 Å². The zero-order valence-corrected chi connectivity index (χ0v) is 12.8. The quantitative estimate of drug-likeness (QED) is 0.818. The van der Waals surface area contributed by atoms with E-state index >= 15 is 0 Å². The Kier molecular flexibility index (Phi) is 4.52. The molecule has 0 aromatic rings. The maximum Gasteiger partial charge on any atom is 0.306 e. The summed E-state index contributed by atoms with van der Waals surface area (Å²) in [5.74, 6) is -0.951. The second kappa shape index (κ2) is 6.23. The summed E-state index contributed by atoms with van der Waals surface area (Å²) in [6.07, 6.45) is 6.29. The van der Waals surface area contributed by atoms with E-state index in [1.165, 1.54) is 32.4 Å². The second-order valence-corrected chi connectivity index (χ2v) is 7.26. The number of hydrogen-bond donors (Lipinski definition) is 2. The number of hydrogen-bond acceptors (Lipinski definition) is 4. The van der Waals surface area contributed by atoms with E-state index in [2.05, 4.69) is 9.80 Å². The largest absolute Gasteiger partial charge is 0.481 e. The van der Waals surface area contributed by atoms with Crippen LogP contribution in [0.2, 0.25) is 0 Å². The lowest BCUT2D eigenvalue weighted by atomic mass is 9.78. The maximum absolute atomic E-state index is 11.0. The van der Waals surface area contributed by atoms with Gasteiger partial charge in [0.2, 0.25) is 0 Å². The normalized spacial score (nSPS) is 38.9. The zero-order valence-electron chi connectivity index (χ0n) is 12.8. The van der Waals surface area contributed by atoms with E-state index in [4.69, 9.17) is 5.11 Å². The van der Waals surface area contributed by atoms with Gasteiger partial charge in [-0.25, -0.2) is 0 Å². The van der Waals surface area contributed by atoms with Gasteiger partial charge in [-0.1, -0.05) is 0 Å². The molecule has 0 aromatic carbocycles. The molecule has 2 heterocycles. The van der Waals surface area contributed by atoms with E-state index in [-0.39, 0.29) is 5.92 Å². The Morgan fingerprint density at radius 2 is 1.81 bits per heavy atom. The van der Waals surface area contributed by atoms with Crippen LogP contribution in [-0.2, 0) is 4.79 Å². The summed E-state index contributed by atoms with van der Waals surface area (Å²) < 4.78 is 0. The Balaban J connectivity index is 1.54.